The van der Waals surface area contributed by atoms with Gasteiger partial charge in [0.2, 0.25) is 6.41 Å². The van der Waals surface area contributed by atoms with Crippen LogP contribution in [0.1, 0.15) is 5.56 Å². The second-order valence-electron chi connectivity index (χ2n) is 3.89. The van der Waals surface area contributed by atoms with Crippen molar-refractivity contribution >= 4 is 12.5 Å². The van der Waals surface area contributed by atoms with E-state index in [4.69, 9.17) is 10.00 Å². The highest BCUT2D eigenvalue weighted by Crippen LogP contribution is 2.12. The molecule has 0 atom stereocenters. The quantitative estimate of drug-likeness (QED) is 0.453. The molecule has 106 valence electrons. The Balaban J connectivity index is 2.36. The maximum absolute atomic E-state index is 11.6. The molecule has 7 nitrogen and oxygen atoms in total. The topological polar surface area (TPSA) is 91.7 Å². The molecule has 0 aromatic heterocycles. The molecular weight excluding hydrogens is 262 g/mol. The van der Waals surface area contributed by atoms with Gasteiger partial charge in [-0.3, -0.25) is 4.79 Å². The molecular formula is C13H15N3O4. The normalized spacial score (nSPS) is 9.20. The van der Waals surface area contributed by atoms with Crippen LogP contribution in [0.25, 0.3) is 0 Å². The lowest BCUT2D eigenvalue weighted by atomic mass is 10.2. The first kappa shape index (κ1) is 15.3. The molecule has 0 saturated heterocycles. The van der Waals surface area contributed by atoms with Crippen molar-refractivity contribution in [3.63, 3.8) is 0 Å². The number of hydrogen-bond donors (Lipinski definition) is 1. The summed E-state index contributed by atoms with van der Waals surface area (Å²) in [6.45, 7) is 0.860. The van der Waals surface area contributed by atoms with E-state index in [1.54, 1.807) is 37.6 Å². The first-order valence-corrected chi connectivity index (χ1v) is 5.87. The van der Waals surface area contributed by atoms with E-state index in [1.165, 1.54) is 4.90 Å². The van der Waals surface area contributed by atoms with Crippen molar-refractivity contribution in [3.8, 4) is 12.0 Å². The van der Waals surface area contributed by atoms with E-state index in [0.29, 0.717) is 25.2 Å². The van der Waals surface area contributed by atoms with E-state index < -0.39 is 6.09 Å². The minimum Gasteiger partial charge on any atom is -0.445 e. The first-order chi connectivity index (χ1) is 9.67. The first-order valence-electron chi connectivity index (χ1n) is 5.87. The third-order valence-corrected chi connectivity index (χ3v) is 2.44. The zero-order chi connectivity index (χ0) is 14.8. The van der Waals surface area contributed by atoms with Crippen LogP contribution in [0.15, 0.2) is 24.3 Å². The van der Waals surface area contributed by atoms with Crippen LogP contribution in [0.4, 0.5) is 4.79 Å². The number of amides is 2. The lowest BCUT2D eigenvalue weighted by Gasteiger charge is -2.16. The maximum atomic E-state index is 11.6. The molecule has 0 radical (unpaired) electrons. The van der Waals surface area contributed by atoms with E-state index >= 15 is 0 Å². The SMILES string of the molecule is CN(CCNC=O)C(=O)OCc1ccc(OC#N)cc1. The number of nitrogens with zero attached hydrogens (tertiary/aromatic N) is 2. The van der Waals surface area contributed by atoms with Gasteiger partial charge >= 0.3 is 6.09 Å². The van der Waals surface area contributed by atoms with Crippen LogP contribution in [-0.4, -0.2) is 37.5 Å². The molecule has 0 saturated carbocycles. The number of rotatable bonds is 7. The Hall–Kier alpha value is -2.75. The predicted octanol–water partition coefficient (Wildman–Crippen LogP) is 0.861. The van der Waals surface area contributed by atoms with Gasteiger partial charge in [0, 0.05) is 20.1 Å². The smallest absolute Gasteiger partial charge is 0.409 e. The van der Waals surface area contributed by atoms with Crippen LogP contribution in [0.5, 0.6) is 5.75 Å². The zero-order valence-electron chi connectivity index (χ0n) is 11.0. The van der Waals surface area contributed by atoms with Crippen molar-refractivity contribution in [2.45, 2.75) is 6.61 Å². The maximum Gasteiger partial charge on any atom is 0.409 e. The number of benzene rings is 1. The molecule has 0 heterocycles. The van der Waals surface area contributed by atoms with Gasteiger partial charge in [0.25, 0.3) is 6.26 Å². The van der Waals surface area contributed by atoms with E-state index in [9.17, 15) is 9.59 Å². The highest BCUT2D eigenvalue weighted by Gasteiger charge is 2.09. The molecule has 20 heavy (non-hydrogen) atoms. The van der Waals surface area contributed by atoms with Crippen LogP contribution in [0.2, 0.25) is 0 Å². The minimum absolute atomic E-state index is 0.122. The summed E-state index contributed by atoms with van der Waals surface area (Å²) in [5, 5.41) is 10.8. The predicted molar refractivity (Wildman–Crippen MR) is 69.6 cm³/mol. The van der Waals surface area contributed by atoms with Crippen LogP contribution in [0, 0.1) is 11.5 Å². The number of nitrogens with one attached hydrogen (secondary N) is 1. The van der Waals surface area contributed by atoms with Crippen LogP contribution >= 0.6 is 0 Å². The molecule has 0 aliphatic carbocycles. The van der Waals surface area contributed by atoms with Crippen molar-refractivity contribution in [2.24, 2.45) is 0 Å². The summed E-state index contributed by atoms with van der Waals surface area (Å²) in [5.74, 6) is 0.430. The molecule has 1 rings (SSSR count). The third kappa shape index (κ3) is 5.27. The standard InChI is InChI=1S/C13H15N3O4/c1-16(7-6-15-10-17)13(18)19-8-11-2-4-12(5-3-11)20-9-14/h2-5,10H,6-8H2,1H3,(H,15,17). The average Bonchev–Trinajstić information content (AvgIpc) is 2.46. The lowest BCUT2D eigenvalue weighted by Crippen LogP contribution is -2.33. The molecule has 0 aliphatic heterocycles. The Morgan fingerprint density at radius 2 is 2.15 bits per heavy atom. The highest BCUT2D eigenvalue weighted by molar-refractivity contribution is 5.67. The molecule has 1 aromatic carbocycles. The molecule has 0 bridgehead atoms. The van der Waals surface area contributed by atoms with Gasteiger partial charge in [0.15, 0.2) is 0 Å². The average molecular weight is 277 g/mol. The Labute approximate surface area is 116 Å². The van der Waals surface area contributed by atoms with Crippen LogP contribution in [-0.2, 0) is 16.1 Å². The third-order valence-electron chi connectivity index (χ3n) is 2.44. The van der Waals surface area contributed by atoms with Gasteiger partial charge in [-0.2, -0.15) is 0 Å². The molecule has 7 heteroatoms. The van der Waals surface area contributed by atoms with Crippen molar-refractivity contribution in [2.75, 3.05) is 20.1 Å². The zero-order valence-corrected chi connectivity index (χ0v) is 11.0. The van der Waals surface area contributed by atoms with Crippen LogP contribution in [0.3, 0.4) is 0 Å². The lowest BCUT2D eigenvalue weighted by molar-refractivity contribution is -0.109. The van der Waals surface area contributed by atoms with Gasteiger partial charge in [-0.1, -0.05) is 12.1 Å². The number of carbonyl (C=O) groups excluding carboxylic acids is 2. The van der Waals surface area contributed by atoms with Gasteiger partial charge in [-0.05, 0) is 17.7 Å². The van der Waals surface area contributed by atoms with Gasteiger partial charge in [-0.25, -0.2) is 4.79 Å². The van der Waals surface area contributed by atoms with Crippen molar-refractivity contribution in [3.05, 3.63) is 29.8 Å². The highest BCUT2D eigenvalue weighted by atomic mass is 16.6. The van der Waals surface area contributed by atoms with E-state index in [2.05, 4.69) is 10.1 Å². The van der Waals surface area contributed by atoms with E-state index in [0.717, 1.165) is 5.56 Å². The molecule has 2 amide bonds. The largest absolute Gasteiger partial charge is 0.445 e. The molecule has 0 unspecified atom stereocenters. The summed E-state index contributed by atoms with van der Waals surface area (Å²) in [4.78, 5) is 23.0. The summed E-state index contributed by atoms with van der Waals surface area (Å²) in [7, 11) is 1.58. The van der Waals surface area contributed by atoms with Crippen molar-refractivity contribution < 1.29 is 19.1 Å². The van der Waals surface area contributed by atoms with Crippen LogP contribution < -0.4 is 10.1 Å². The van der Waals surface area contributed by atoms with E-state index in [-0.39, 0.29) is 6.61 Å². The number of nitriles is 1. The molecule has 0 fully saturated rings. The Morgan fingerprint density at radius 1 is 1.45 bits per heavy atom. The van der Waals surface area contributed by atoms with E-state index in [1.807, 2.05) is 0 Å². The Morgan fingerprint density at radius 3 is 2.75 bits per heavy atom. The summed E-state index contributed by atoms with van der Waals surface area (Å²) < 4.78 is 9.72. The second-order valence-corrected chi connectivity index (χ2v) is 3.89. The Bertz CT molecular complexity index is 481. The second kappa shape index (κ2) is 8.37. The minimum atomic E-state index is -0.477. The summed E-state index contributed by atoms with van der Waals surface area (Å²) in [5.41, 5.74) is 0.781. The number of ether oxygens (including phenoxy) is 2. The van der Waals surface area contributed by atoms with Gasteiger partial charge in [0.05, 0.1) is 0 Å². The summed E-state index contributed by atoms with van der Waals surface area (Å²) in [6.07, 6.45) is 1.67. The molecule has 0 spiro atoms. The van der Waals surface area contributed by atoms with Crippen molar-refractivity contribution in [1.82, 2.24) is 10.2 Å². The van der Waals surface area contributed by atoms with Crippen molar-refractivity contribution in [1.29, 1.82) is 5.26 Å². The molecule has 1 N–H and O–H groups in total. The number of carbonyl (C=O) groups is 2. The number of likely N-dealkylation sites (N-methyl/N-ethyl adjacent to an activating group) is 1. The fourth-order valence-corrected chi connectivity index (χ4v) is 1.34. The summed E-state index contributed by atoms with van der Waals surface area (Å²) >= 11 is 0. The van der Waals surface area contributed by atoms with Gasteiger partial charge in [-0.15, -0.1) is 5.26 Å². The monoisotopic (exact) mass is 277 g/mol. The number of hydrogen-bond acceptors (Lipinski definition) is 5. The van der Waals surface area contributed by atoms with Gasteiger partial charge in [0.1, 0.15) is 12.4 Å². The molecule has 0 aliphatic rings. The fraction of sp³-hybridized carbons (Fsp3) is 0.308. The molecule has 1 aromatic rings. The Kier molecular flexibility index (Phi) is 6.41. The fourth-order valence-electron chi connectivity index (χ4n) is 1.34. The summed E-state index contributed by atoms with van der Waals surface area (Å²) in [6, 6.07) is 6.63. The van der Waals surface area contributed by atoms with Gasteiger partial charge < -0.3 is 19.7 Å².